The third-order valence-corrected chi connectivity index (χ3v) is 3.64. The molecule has 0 radical (unpaired) electrons. The van der Waals surface area contributed by atoms with Crippen LogP contribution >= 0.6 is 0 Å². The van der Waals surface area contributed by atoms with Crippen molar-refractivity contribution in [1.29, 1.82) is 0 Å². The lowest BCUT2D eigenvalue weighted by Crippen LogP contribution is -2.35. The standard InChI is InChI=1S/C14H19FN2O2/c15-11-7-9(14(17)18)5-6-13(11)19-12-4-2-1-3-10(12)8-16/h5-7,10,12H,1-4,8,16H2,(H2,17,18). The van der Waals surface area contributed by atoms with Crippen LogP contribution in [0, 0.1) is 11.7 Å². The molecule has 2 rings (SSSR count). The second kappa shape index (κ2) is 6.02. The van der Waals surface area contributed by atoms with E-state index in [0.29, 0.717) is 6.54 Å². The van der Waals surface area contributed by atoms with Crippen molar-refractivity contribution < 1.29 is 13.9 Å². The van der Waals surface area contributed by atoms with Crippen LogP contribution in [-0.4, -0.2) is 18.6 Å². The molecule has 4 nitrogen and oxygen atoms in total. The number of halogens is 1. The number of hydrogen-bond acceptors (Lipinski definition) is 3. The molecular formula is C14H19FN2O2. The molecule has 2 atom stereocenters. The third kappa shape index (κ3) is 3.23. The van der Waals surface area contributed by atoms with Gasteiger partial charge in [0.25, 0.3) is 0 Å². The van der Waals surface area contributed by atoms with Gasteiger partial charge in [-0.05, 0) is 44.0 Å². The number of nitrogens with two attached hydrogens (primary N) is 2. The number of carbonyl (C=O) groups is 1. The van der Waals surface area contributed by atoms with Gasteiger partial charge in [0, 0.05) is 11.5 Å². The molecule has 1 aliphatic rings. The smallest absolute Gasteiger partial charge is 0.248 e. The molecule has 2 unspecified atom stereocenters. The summed E-state index contributed by atoms with van der Waals surface area (Å²) in [5.74, 6) is -0.778. The van der Waals surface area contributed by atoms with Crippen molar-refractivity contribution in [3.8, 4) is 5.75 Å². The van der Waals surface area contributed by atoms with E-state index in [1.165, 1.54) is 12.1 Å². The Balaban J connectivity index is 2.11. The van der Waals surface area contributed by atoms with Gasteiger partial charge in [-0.1, -0.05) is 6.42 Å². The van der Waals surface area contributed by atoms with Gasteiger partial charge < -0.3 is 16.2 Å². The maximum Gasteiger partial charge on any atom is 0.248 e. The fraction of sp³-hybridized carbons (Fsp3) is 0.500. The highest BCUT2D eigenvalue weighted by molar-refractivity contribution is 5.92. The molecular weight excluding hydrogens is 247 g/mol. The predicted octanol–water partition coefficient (Wildman–Crippen LogP) is 1.82. The van der Waals surface area contributed by atoms with Crippen molar-refractivity contribution in [2.45, 2.75) is 31.8 Å². The highest BCUT2D eigenvalue weighted by atomic mass is 19.1. The maximum absolute atomic E-state index is 13.8. The van der Waals surface area contributed by atoms with Gasteiger partial charge in [0.1, 0.15) is 6.10 Å². The van der Waals surface area contributed by atoms with E-state index < -0.39 is 11.7 Å². The van der Waals surface area contributed by atoms with Gasteiger partial charge in [-0.15, -0.1) is 0 Å². The number of amides is 1. The summed E-state index contributed by atoms with van der Waals surface area (Å²) in [5, 5.41) is 0. The molecule has 0 heterocycles. The van der Waals surface area contributed by atoms with Gasteiger partial charge in [0.05, 0.1) is 0 Å². The molecule has 0 bridgehead atoms. The number of benzene rings is 1. The first-order valence-corrected chi connectivity index (χ1v) is 6.58. The molecule has 19 heavy (non-hydrogen) atoms. The molecule has 4 N–H and O–H groups in total. The average Bonchev–Trinajstić information content (AvgIpc) is 2.41. The fourth-order valence-corrected chi connectivity index (χ4v) is 2.51. The second-order valence-electron chi connectivity index (χ2n) is 4.95. The Bertz CT molecular complexity index is 465. The molecule has 0 aliphatic heterocycles. The second-order valence-corrected chi connectivity index (χ2v) is 4.95. The first-order valence-electron chi connectivity index (χ1n) is 6.58. The Morgan fingerprint density at radius 3 is 2.74 bits per heavy atom. The number of ether oxygens (including phenoxy) is 1. The van der Waals surface area contributed by atoms with Gasteiger partial charge >= 0.3 is 0 Å². The fourth-order valence-electron chi connectivity index (χ4n) is 2.51. The number of hydrogen-bond donors (Lipinski definition) is 2. The Hall–Kier alpha value is -1.62. The Labute approximate surface area is 111 Å². The molecule has 1 aromatic carbocycles. The summed E-state index contributed by atoms with van der Waals surface area (Å²) in [6.07, 6.45) is 4.07. The summed E-state index contributed by atoms with van der Waals surface area (Å²) in [6, 6.07) is 4.04. The van der Waals surface area contributed by atoms with Gasteiger partial charge in [-0.3, -0.25) is 4.79 Å². The van der Waals surface area contributed by atoms with E-state index in [4.69, 9.17) is 16.2 Å². The Kier molecular flexibility index (Phi) is 4.37. The normalized spacial score (nSPS) is 23.1. The van der Waals surface area contributed by atoms with Crippen molar-refractivity contribution in [2.75, 3.05) is 6.54 Å². The minimum absolute atomic E-state index is 0.0484. The lowest BCUT2D eigenvalue weighted by Gasteiger charge is -2.31. The van der Waals surface area contributed by atoms with Gasteiger partial charge in [-0.2, -0.15) is 0 Å². The molecule has 0 saturated heterocycles. The first kappa shape index (κ1) is 13.8. The van der Waals surface area contributed by atoms with Gasteiger partial charge in [0.2, 0.25) is 5.91 Å². The van der Waals surface area contributed by atoms with Crippen LogP contribution in [0.3, 0.4) is 0 Å². The largest absolute Gasteiger partial charge is 0.487 e. The summed E-state index contributed by atoms with van der Waals surface area (Å²) < 4.78 is 19.5. The Morgan fingerprint density at radius 1 is 1.37 bits per heavy atom. The molecule has 5 heteroatoms. The van der Waals surface area contributed by atoms with Crippen LogP contribution in [0.1, 0.15) is 36.0 Å². The molecule has 1 saturated carbocycles. The highest BCUT2D eigenvalue weighted by Gasteiger charge is 2.26. The van der Waals surface area contributed by atoms with Crippen molar-refractivity contribution in [1.82, 2.24) is 0 Å². The summed E-state index contributed by atoms with van der Waals surface area (Å²) >= 11 is 0. The molecule has 0 spiro atoms. The summed E-state index contributed by atoms with van der Waals surface area (Å²) in [7, 11) is 0. The lowest BCUT2D eigenvalue weighted by molar-refractivity contribution is 0.0925. The maximum atomic E-state index is 13.8. The zero-order chi connectivity index (χ0) is 13.8. The van der Waals surface area contributed by atoms with E-state index in [2.05, 4.69) is 0 Å². The van der Waals surface area contributed by atoms with Crippen molar-refractivity contribution in [3.63, 3.8) is 0 Å². The molecule has 1 fully saturated rings. The van der Waals surface area contributed by atoms with E-state index in [9.17, 15) is 9.18 Å². The predicted molar refractivity (Wildman–Crippen MR) is 70.3 cm³/mol. The zero-order valence-electron chi connectivity index (χ0n) is 10.8. The SMILES string of the molecule is NCC1CCCCC1Oc1ccc(C(N)=O)cc1F. The van der Waals surface area contributed by atoms with Crippen LogP contribution in [0.4, 0.5) is 4.39 Å². The van der Waals surface area contributed by atoms with Crippen LogP contribution in [-0.2, 0) is 0 Å². The van der Waals surface area contributed by atoms with E-state index >= 15 is 0 Å². The van der Waals surface area contributed by atoms with Crippen molar-refractivity contribution in [3.05, 3.63) is 29.6 Å². The van der Waals surface area contributed by atoms with Crippen LogP contribution in [0.25, 0.3) is 0 Å². The molecule has 1 aromatic rings. The first-order chi connectivity index (χ1) is 9.11. The van der Waals surface area contributed by atoms with Crippen molar-refractivity contribution >= 4 is 5.91 Å². The molecule has 0 aromatic heterocycles. The van der Waals surface area contributed by atoms with Crippen LogP contribution in [0.15, 0.2) is 18.2 Å². The summed E-state index contributed by atoms with van der Waals surface area (Å²) in [6.45, 7) is 0.547. The number of rotatable bonds is 4. The van der Waals surface area contributed by atoms with E-state index in [-0.39, 0.29) is 23.3 Å². The quantitative estimate of drug-likeness (QED) is 0.872. The average molecular weight is 266 g/mol. The van der Waals surface area contributed by atoms with E-state index in [0.717, 1.165) is 31.7 Å². The monoisotopic (exact) mass is 266 g/mol. The van der Waals surface area contributed by atoms with Gasteiger partial charge in [0.15, 0.2) is 11.6 Å². The van der Waals surface area contributed by atoms with Crippen molar-refractivity contribution in [2.24, 2.45) is 17.4 Å². The third-order valence-electron chi connectivity index (χ3n) is 3.64. The lowest BCUT2D eigenvalue weighted by atomic mass is 9.86. The van der Waals surface area contributed by atoms with Crippen LogP contribution in [0.5, 0.6) is 5.75 Å². The minimum atomic E-state index is -0.650. The molecule has 104 valence electrons. The topological polar surface area (TPSA) is 78.3 Å². The summed E-state index contributed by atoms with van der Waals surface area (Å²) in [5.41, 5.74) is 11.0. The minimum Gasteiger partial charge on any atom is -0.487 e. The van der Waals surface area contributed by atoms with E-state index in [1.807, 2.05) is 0 Å². The van der Waals surface area contributed by atoms with Gasteiger partial charge in [-0.25, -0.2) is 4.39 Å². The highest BCUT2D eigenvalue weighted by Crippen LogP contribution is 2.29. The zero-order valence-corrected chi connectivity index (χ0v) is 10.8. The molecule has 1 aliphatic carbocycles. The van der Waals surface area contributed by atoms with Crippen LogP contribution < -0.4 is 16.2 Å². The molecule has 1 amide bonds. The number of carbonyl (C=O) groups excluding carboxylic acids is 1. The van der Waals surface area contributed by atoms with Crippen LogP contribution in [0.2, 0.25) is 0 Å². The van der Waals surface area contributed by atoms with E-state index in [1.54, 1.807) is 0 Å². The Morgan fingerprint density at radius 2 is 2.11 bits per heavy atom. The summed E-state index contributed by atoms with van der Waals surface area (Å²) in [4.78, 5) is 11.0. The number of primary amides is 1.